The quantitative estimate of drug-likeness (QED) is 0.812. The Kier molecular flexibility index (Phi) is 4.92. The van der Waals surface area contributed by atoms with Gasteiger partial charge in [-0.15, -0.1) is 0 Å². The van der Waals surface area contributed by atoms with Crippen LogP contribution in [0.25, 0.3) is 0 Å². The lowest BCUT2D eigenvalue weighted by Crippen LogP contribution is -2.30. The van der Waals surface area contributed by atoms with E-state index in [4.69, 9.17) is 9.47 Å². The van der Waals surface area contributed by atoms with Gasteiger partial charge in [0.1, 0.15) is 17.5 Å². The molecule has 1 aliphatic heterocycles. The molecule has 0 aromatic heterocycles. The van der Waals surface area contributed by atoms with Gasteiger partial charge in [0, 0.05) is 6.61 Å². The highest BCUT2D eigenvalue weighted by Crippen LogP contribution is 2.26. The molecule has 2 atom stereocenters. The largest absolute Gasteiger partial charge is 0.506 e. The predicted octanol–water partition coefficient (Wildman–Crippen LogP) is 2.05. The van der Waals surface area contributed by atoms with Gasteiger partial charge in [-0.1, -0.05) is 6.07 Å². The molecule has 6 heteroatoms. The normalized spacial score (nSPS) is 19.8. The highest BCUT2D eigenvalue weighted by atomic mass is 19.1. The lowest BCUT2D eigenvalue weighted by atomic mass is 10.2. The Balaban J connectivity index is 1.87. The fraction of sp³-hybridized carbons (Fsp3) is 0.500. The number of amides is 1. The van der Waals surface area contributed by atoms with E-state index in [0.717, 1.165) is 25.5 Å². The molecule has 0 saturated carbocycles. The second-order valence-corrected chi connectivity index (χ2v) is 4.73. The highest BCUT2D eigenvalue weighted by Gasteiger charge is 2.21. The van der Waals surface area contributed by atoms with E-state index in [0.29, 0.717) is 6.61 Å². The van der Waals surface area contributed by atoms with Gasteiger partial charge in [0.25, 0.3) is 5.91 Å². The summed E-state index contributed by atoms with van der Waals surface area (Å²) in [5, 5.41) is 11.8. The van der Waals surface area contributed by atoms with Crippen LogP contribution in [0.3, 0.4) is 0 Å². The molecule has 0 spiro atoms. The third-order valence-corrected chi connectivity index (χ3v) is 3.17. The number of phenols is 1. The van der Waals surface area contributed by atoms with Crippen molar-refractivity contribution in [3.8, 4) is 5.75 Å². The summed E-state index contributed by atoms with van der Waals surface area (Å²) in [6.45, 7) is 2.62. The van der Waals surface area contributed by atoms with E-state index in [-0.39, 0.29) is 17.5 Å². The van der Waals surface area contributed by atoms with Gasteiger partial charge in [0.05, 0.1) is 12.7 Å². The molecule has 1 heterocycles. The van der Waals surface area contributed by atoms with Crippen molar-refractivity contribution in [3.05, 3.63) is 24.0 Å². The van der Waals surface area contributed by atoms with Crippen LogP contribution in [-0.4, -0.2) is 36.4 Å². The molecule has 2 rings (SSSR count). The zero-order valence-electron chi connectivity index (χ0n) is 11.3. The van der Waals surface area contributed by atoms with E-state index >= 15 is 0 Å². The zero-order chi connectivity index (χ0) is 14.5. The lowest BCUT2D eigenvalue weighted by molar-refractivity contribution is -0.128. The number of benzene rings is 1. The third-order valence-electron chi connectivity index (χ3n) is 3.17. The van der Waals surface area contributed by atoms with Crippen molar-refractivity contribution in [1.29, 1.82) is 0 Å². The molecule has 5 nitrogen and oxygen atoms in total. The number of aromatic hydroxyl groups is 1. The maximum Gasteiger partial charge on any atom is 0.253 e. The summed E-state index contributed by atoms with van der Waals surface area (Å²) in [4.78, 5) is 11.9. The molecule has 0 bridgehead atoms. The number of phenolic OH excluding ortho intramolecular Hbond substituents is 1. The Bertz CT molecular complexity index is 454. The molecule has 1 fully saturated rings. The van der Waals surface area contributed by atoms with Gasteiger partial charge in [0.15, 0.2) is 5.82 Å². The van der Waals surface area contributed by atoms with E-state index in [9.17, 15) is 14.3 Å². The lowest BCUT2D eigenvalue weighted by Gasteiger charge is -2.16. The number of hydrogen-bond donors (Lipinski definition) is 2. The van der Waals surface area contributed by atoms with Crippen LogP contribution in [-0.2, 0) is 14.3 Å². The van der Waals surface area contributed by atoms with Gasteiger partial charge < -0.3 is 19.9 Å². The Labute approximate surface area is 116 Å². The molecule has 1 saturated heterocycles. The summed E-state index contributed by atoms with van der Waals surface area (Å²) in [5.41, 5.74) is -0.231. The average Bonchev–Trinajstić information content (AvgIpc) is 2.93. The standard InChI is InChI=1S/C14H18FNO4/c1-9(20-8-10-4-3-7-19-10)14(18)16-13-11(15)5-2-6-12(13)17/h2,5-6,9-10,17H,3-4,7-8H2,1H3,(H,16,18). The number of anilines is 1. The van der Waals surface area contributed by atoms with Crippen LogP contribution in [0.4, 0.5) is 10.1 Å². The zero-order valence-corrected chi connectivity index (χ0v) is 11.3. The summed E-state index contributed by atoms with van der Waals surface area (Å²) in [6.07, 6.45) is 1.19. The minimum absolute atomic E-state index is 0.0205. The van der Waals surface area contributed by atoms with Crippen LogP contribution in [0.1, 0.15) is 19.8 Å². The molecule has 1 aromatic rings. The van der Waals surface area contributed by atoms with Crippen molar-refractivity contribution in [2.45, 2.75) is 32.0 Å². The molecular formula is C14H18FNO4. The van der Waals surface area contributed by atoms with Crippen LogP contribution < -0.4 is 5.32 Å². The number of halogens is 1. The molecule has 0 radical (unpaired) electrons. The van der Waals surface area contributed by atoms with Gasteiger partial charge in [-0.25, -0.2) is 4.39 Å². The van der Waals surface area contributed by atoms with Crippen LogP contribution in [0.15, 0.2) is 18.2 Å². The first kappa shape index (κ1) is 14.7. The Hall–Kier alpha value is -1.66. The fourth-order valence-corrected chi connectivity index (χ4v) is 1.96. The van der Waals surface area contributed by atoms with E-state index in [1.807, 2.05) is 0 Å². The number of hydrogen-bond acceptors (Lipinski definition) is 4. The number of para-hydroxylation sites is 1. The minimum atomic E-state index is -0.752. The SMILES string of the molecule is CC(OCC1CCCO1)C(=O)Nc1c(O)cccc1F. The summed E-state index contributed by atoms with van der Waals surface area (Å²) >= 11 is 0. The van der Waals surface area contributed by atoms with E-state index < -0.39 is 17.8 Å². The number of rotatable bonds is 5. The molecule has 2 unspecified atom stereocenters. The number of ether oxygens (including phenoxy) is 2. The van der Waals surface area contributed by atoms with Gasteiger partial charge >= 0.3 is 0 Å². The maximum absolute atomic E-state index is 13.5. The van der Waals surface area contributed by atoms with E-state index in [1.165, 1.54) is 12.1 Å². The molecule has 0 aliphatic carbocycles. The van der Waals surface area contributed by atoms with Gasteiger partial charge in [-0.05, 0) is 31.9 Å². The molecule has 20 heavy (non-hydrogen) atoms. The van der Waals surface area contributed by atoms with Crippen molar-refractivity contribution in [3.63, 3.8) is 0 Å². The second kappa shape index (κ2) is 6.67. The van der Waals surface area contributed by atoms with Crippen molar-refractivity contribution in [1.82, 2.24) is 0 Å². The van der Waals surface area contributed by atoms with E-state index in [2.05, 4.69) is 5.32 Å². The topological polar surface area (TPSA) is 67.8 Å². The van der Waals surface area contributed by atoms with Crippen molar-refractivity contribution < 1.29 is 23.8 Å². The summed E-state index contributed by atoms with van der Waals surface area (Å²) in [7, 11) is 0. The molecular weight excluding hydrogens is 265 g/mol. The van der Waals surface area contributed by atoms with Crippen LogP contribution in [0, 0.1) is 5.82 Å². The first-order chi connectivity index (χ1) is 9.58. The van der Waals surface area contributed by atoms with E-state index in [1.54, 1.807) is 6.92 Å². The maximum atomic E-state index is 13.5. The minimum Gasteiger partial charge on any atom is -0.506 e. The number of carbonyl (C=O) groups excluding carboxylic acids is 1. The Morgan fingerprint density at radius 2 is 2.45 bits per heavy atom. The Morgan fingerprint density at radius 1 is 1.65 bits per heavy atom. The monoisotopic (exact) mass is 283 g/mol. The summed E-state index contributed by atoms with van der Waals surface area (Å²) < 4.78 is 24.3. The smallest absolute Gasteiger partial charge is 0.253 e. The van der Waals surface area contributed by atoms with Crippen molar-refractivity contribution in [2.24, 2.45) is 0 Å². The number of carbonyl (C=O) groups is 1. The van der Waals surface area contributed by atoms with Crippen molar-refractivity contribution in [2.75, 3.05) is 18.5 Å². The predicted molar refractivity (Wildman–Crippen MR) is 71.1 cm³/mol. The second-order valence-electron chi connectivity index (χ2n) is 4.73. The average molecular weight is 283 g/mol. The molecule has 1 aliphatic rings. The van der Waals surface area contributed by atoms with Crippen LogP contribution in [0.2, 0.25) is 0 Å². The van der Waals surface area contributed by atoms with Gasteiger partial charge in [0.2, 0.25) is 0 Å². The molecule has 110 valence electrons. The highest BCUT2D eigenvalue weighted by molar-refractivity contribution is 5.95. The number of nitrogens with one attached hydrogen (secondary N) is 1. The van der Waals surface area contributed by atoms with Gasteiger partial charge in [-0.2, -0.15) is 0 Å². The van der Waals surface area contributed by atoms with Crippen molar-refractivity contribution >= 4 is 11.6 Å². The Morgan fingerprint density at radius 3 is 3.10 bits per heavy atom. The van der Waals surface area contributed by atoms with Gasteiger partial charge in [-0.3, -0.25) is 4.79 Å². The first-order valence-corrected chi connectivity index (χ1v) is 6.59. The summed E-state index contributed by atoms with van der Waals surface area (Å²) in [6, 6.07) is 3.82. The van der Waals surface area contributed by atoms with Crippen LogP contribution in [0.5, 0.6) is 5.75 Å². The van der Waals surface area contributed by atoms with Crippen LogP contribution >= 0.6 is 0 Å². The molecule has 1 amide bonds. The third kappa shape index (κ3) is 3.68. The summed E-state index contributed by atoms with van der Waals surface area (Å²) in [5.74, 6) is -1.52. The first-order valence-electron chi connectivity index (χ1n) is 6.59. The molecule has 2 N–H and O–H groups in total. The molecule has 1 aromatic carbocycles. The fourth-order valence-electron chi connectivity index (χ4n) is 1.96.